The highest BCUT2D eigenvalue weighted by Crippen LogP contribution is 2.23. The van der Waals surface area contributed by atoms with Gasteiger partial charge < -0.3 is 11.1 Å². The molecule has 0 spiro atoms. The molecule has 0 bridgehead atoms. The largest absolute Gasteiger partial charge is 0.394 e. The van der Waals surface area contributed by atoms with Crippen LogP contribution in [0.5, 0.6) is 0 Å². The van der Waals surface area contributed by atoms with Crippen molar-refractivity contribution in [2.45, 2.75) is 0 Å². The summed E-state index contributed by atoms with van der Waals surface area (Å²) < 4.78 is 27.3. The molecule has 0 radical (unpaired) electrons. The number of hydrogen-bond donors (Lipinski definition) is 2. The lowest BCUT2D eigenvalue weighted by Gasteiger charge is -2.08. The Morgan fingerprint density at radius 2 is 1.86 bits per heavy atom. The molecule has 0 aromatic heterocycles. The van der Waals surface area contributed by atoms with Gasteiger partial charge in [-0.3, -0.25) is 4.79 Å². The first-order chi connectivity index (χ1) is 9.92. The zero-order chi connectivity index (χ0) is 15.6. The summed E-state index contributed by atoms with van der Waals surface area (Å²) >= 11 is 3.21. The molecule has 0 aliphatic heterocycles. The number of nitriles is 1. The van der Waals surface area contributed by atoms with E-state index in [1.54, 1.807) is 6.07 Å². The normalized spacial score (nSPS) is 10.0. The molecule has 2 rings (SSSR count). The van der Waals surface area contributed by atoms with E-state index in [1.165, 1.54) is 12.1 Å². The second-order valence-corrected chi connectivity index (χ2v) is 5.03. The molecule has 3 N–H and O–H groups in total. The van der Waals surface area contributed by atoms with Gasteiger partial charge in [0.1, 0.15) is 23.4 Å². The molecule has 4 nitrogen and oxygen atoms in total. The van der Waals surface area contributed by atoms with Crippen LogP contribution in [0.25, 0.3) is 0 Å². The highest BCUT2D eigenvalue weighted by atomic mass is 79.9. The highest BCUT2D eigenvalue weighted by molar-refractivity contribution is 9.10. The molecule has 2 aromatic rings. The summed E-state index contributed by atoms with van der Waals surface area (Å²) in [5.74, 6) is -2.79. The summed E-state index contributed by atoms with van der Waals surface area (Å²) in [6.07, 6.45) is 0. The second-order valence-electron chi connectivity index (χ2n) is 4.11. The number of halogens is 3. The van der Waals surface area contributed by atoms with Crippen molar-refractivity contribution < 1.29 is 13.6 Å². The number of amides is 1. The number of rotatable bonds is 2. The second kappa shape index (κ2) is 5.89. The third-order valence-corrected chi connectivity index (χ3v) is 3.18. The quantitative estimate of drug-likeness (QED) is 0.813. The fraction of sp³-hybridized carbons (Fsp3) is 0. The van der Waals surface area contributed by atoms with Crippen LogP contribution in [-0.2, 0) is 0 Å². The summed E-state index contributed by atoms with van der Waals surface area (Å²) in [7, 11) is 0. The van der Waals surface area contributed by atoms with Gasteiger partial charge in [0.15, 0.2) is 0 Å². The van der Waals surface area contributed by atoms with Crippen LogP contribution < -0.4 is 11.1 Å². The van der Waals surface area contributed by atoms with Crippen molar-refractivity contribution in [2.24, 2.45) is 0 Å². The van der Waals surface area contributed by atoms with E-state index in [1.807, 2.05) is 6.07 Å². The Balaban J connectivity index is 2.35. The van der Waals surface area contributed by atoms with Gasteiger partial charge >= 0.3 is 0 Å². The molecule has 0 unspecified atom stereocenters. The van der Waals surface area contributed by atoms with Crippen LogP contribution in [0.3, 0.4) is 0 Å². The Bertz CT molecular complexity index is 748. The minimum Gasteiger partial charge on any atom is -0.394 e. The molecule has 0 saturated heterocycles. The average molecular weight is 352 g/mol. The van der Waals surface area contributed by atoms with E-state index in [2.05, 4.69) is 21.2 Å². The third-order valence-electron chi connectivity index (χ3n) is 2.69. The van der Waals surface area contributed by atoms with Crippen LogP contribution in [-0.4, -0.2) is 5.91 Å². The first kappa shape index (κ1) is 14.9. The minimum absolute atomic E-state index is 0.225. The van der Waals surface area contributed by atoms with Crippen molar-refractivity contribution in [3.05, 3.63) is 57.6 Å². The first-order valence-electron chi connectivity index (χ1n) is 5.68. The molecule has 7 heteroatoms. The molecular formula is C14H8BrF2N3O. The minimum atomic E-state index is -1.02. The maximum Gasteiger partial charge on any atom is 0.255 e. The van der Waals surface area contributed by atoms with Crippen LogP contribution in [0.2, 0.25) is 0 Å². The fourth-order valence-electron chi connectivity index (χ4n) is 1.63. The summed E-state index contributed by atoms with van der Waals surface area (Å²) in [6, 6.07) is 8.22. The smallest absolute Gasteiger partial charge is 0.255 e. The van der Waals surface area contributed by atoms with Crippen molar-refractivity contribution >= 4 is 33.2 Å². The maximum atomic E-state index is 13.3. The van der Waals surface area contributed by atoms with Gasteiger partial charge in [0.25, 0.3) is 5.91 Å². The van der Waals surface area contributed by atoms with Crippen LogP contribution in [0.4, 0.5) is 20.2 Å². The van der Waals surface area contributed by atoms with Crippen LogP contribution in [0, 0.1) is 23.0 Å². The summed E-state index contributed by atoms with van der Waals surface area (Å²) in [5.41, 5.74) is 4.71. The predicted molar refractivity (Wildman–Crippen MR) is 77.6 cm³/mol. The van der Waals surface area contributed by atoms with Crippen LogP contribution in [0.15, 0.2) is 34.8 Å². The SMILES string of the molecule is N#Cc1ccc(Br)cc1NC(=O)c1cc(F)c(N)c(F)c1. The van der Waals surface area contributed by atoms with Crippen LogP contribution in [0.1, 0.15) is 15.9 Å². The molecule has 0 heterocycles. The topological polar surface area (TPSA) is 78.9 Å². The number of carbonyl (C=O) groups excluding carboxylic acids is 1. The lowest BCUT2D eigenvalue weighted by Crippen LogP contribution is -2.14. The summed E-state index contributed by atoms with van der Waals surface area (Å²) in [4.78, 5) is 12.0. The van der Waals surface area contributed by atoms with Gasteiger partial charge in [-0.05, 0) is 30.3 Å². The monoisotopic (exact) mass is 351 g/mol. The zero-order valence-electron chi connectivity index (χ0n) is 10.5. The van der Waals surface area contributed by atoms with E-state index in [-0.39, 0.29) is 16.8 Å². The lowest BCUT2D eigenvalue weighted by molar-refractivity contribution is 0.102. The van der Waals surface area contributed by atoms with Gasteiger partial charge in [-0.1, -0.05) is 15.9 Å². The van der Waals surface area contributed by atoms with Gasteiger partial charge in [-0.15, -0.1) is 0 Å². The third kappa shape index (κ3) is 3.17. The van der Waals surface area contributed by atoms with Gasteiger partial charge in [-0.25, -0.2) is 8.78 Å². The molecule has 106 valence electrons. The number of benzene rings is 2. The molecule has 2 aromatic carbocycles. The number of anilines is 2. The van der Waals surface area contributed by atoms with E-state index in [4.69, 9.17) is 11.0 Å². The van der Waals surface area contributed by atoms with E-state index in [0.29, 0.717) is 4.47 Å². The van der Waals surface area contributed by atoms with E-state index < -0.39 is 23.2 Å². The van der Waals surface area contributed by atoms with Gasteiger partial charge in [0.05, 0.1) is 11.3 Å². The Hall–Kier alpha value is -2.46. The Morgan fingerprint density at radius 1 is 1.24 bits per heavy atom. The fourth-order valence-corrected chi connectivity index (χ4v) is 1.99. The first-order valence-corrected chi connectivity index (χ1v) is 6.47. The molecule has 0 atom stereocenters. The number of hydrogen-bond acceptors (Lipinski definition) is 3. The van der Waals surface area contributed by atoms with Crippen molar-refractivity contribution in [3.63, 3.8) is 0 Å². The number of nitrogens with zero attached hydrogens (tertiary/aromatic N) is 1. The molecular weight excluding hydrogens is 344 g/mol. The van der Waals surface area contributed by atoms with Crippen molar-refractivity contribution in [1.29, 1.82) is 5.26 Å². The number of nitrogen functional groups attached to an aromatic ring is 1. The van der Waals surface area contributed by atoms with Crippen LogP contribution >= 0.6 is 15.9 Å². The number of carbonyl (C=O) groups is 1. The molecule has 0 fully saturated rings. The Labute approximate surface area is 127 Å². The van der Waals surface area contributed by atoms with Gasteiger partial charge in [0.2, 0.25) is 0 Å². The maximum absolute atomic E-state index is 13.3. The summed E-state index contributed by atoms with van der Waals surface area (Å²) in [6.45, 7) is 0. The average Bonchev–Trinajstić information content (AvgIpc) is 2.44. The number of nitrogens with two attached hydrogens (primary N) is 1. The predicted octanol–water partition coefficient (Wildman–Crippen LogP) is 3.43. The van der Waals surface area contributed by atoms with Gasteiger partial charge in [-0.2, -0.15) is 5.26 Å². The summed E-state index contributed by atoms with van der Waals surface area (Å²) in [5, 5.41) is 11.4. The van der Waals surface area contributed by atoms with E-state index in [9.17, 15) is 13.6 Å². The number of nitrogens with one attached hydrogen (secondary N) is 1. The van der Waals surface area contributed by atoms with E-state index >= 15 is 0 Å². The highest BCUT2D eigenvalue weighted by Gasteiger charge is 2.14. The standard InChI is InChI=1S/C14H8BrF2N3O/c15-9-2-1-7(6-18)12(5-9)20-14(21)8-3-10(16)13(19)11(17)4-8/h1-5H,19H2,(H,20,21). The van der Waals surface area contributed by atoms with Crippen molar-refractivity contribution in [1.82, 2.24) is 0 Å². The van der Waals surface area contributed by atoms with Gasteiger partial charge in [0, 0.05) is 10.0 Å². The molecule has 0 aliphatic carbocycles. The molecule has 21 heavy (non-hydrogen) atoms. The lowest BCUT2D eigenvalue weighted by atomic mass is 10.1. The zero-order valence-corrected chi connectivity index (χ0v) is 12.0. The Kier molecular flexibility index (Phi) is 4.19. The van der Waals surface area contributed by atoms with Crippen molar-refractivity contribution in [3.8, 4) is 6.07 Å². The molecule has 0 saturated carbocycles. The van der Waals surface area contributed by atoms with Crippen molar-refractivity contribution in [2.75, 3.05) is 11.1 Å². The molecule has 0 aliphatic rings. The molecule has 1 amide bonds. The Morgan fingerprint density at radius 3 is 2.43 bits per heavy atom. The van der Waals surface area contributed by atoms with E-state index in [0.717, 1.165) is 12.1 Å².